The Balaban J connectivity index is 0.00000420. The second-order valence-corrected chi connectivity index (χ2v) is 8.59. The fourth-order valence-electron chi connectivity index (χ4n) is 2.75. The Labute approximate surface area is 191 Å². The van der Waals surface area contributed by atoms with Gasteiger partial charge in [0.2, 0.25) is 10.0 Å². The van der Waals surface area contributed by atoms with Gasteiger partial charge in [0.05, 0.1) is 12.3 Å². The van der Waals surface area contributed by atoms with Crippen LogP contribution in [-0.4, -0.2) is 27.0 Å². The van der Waals surface area contributed by atoms with E-state index in [4.69, 9.17) is 0 Å². The maximum absolute atomic E-state index is 12.3. The molecule has 0 fully saturated rings. The fraction of sp³-hybridized carbons (Fsp3) is 0.381. The average molecular weight is 530 g/mol. The van der Waals surface area contributed by atoms with Gasteiger partial charge in [-0.05, 0) is 37.5 Å². The smallest absolute Gasteiger partial charge is 0.216 e. The minimum absolute atomic E-state index is 0. The number of nitrogens with one attached hydrogen (secondary N) is 3. The van der Waals surface area contributed by atoms with Crippen molar-refractivity contribution >= 4 is 40.0 Å². The summed E-state index contributed by atoms with van der Waals surface area (Å²) in [4.78, 5) is 4.61. The van der Waals surface area contributed by atoms with Crippen molar-refractivity contribution in [2.75, 3.05) is 6.54 Å². The molecule has 3 N–H and O–H groups in total. The standard InChI is InChI=1S/C21H30N4O2S.HI/c1-4-22-21(23-14-18-10-6-5-7-11-18)24-15-19-12-8-9-13-20(19)16-28(26,27)25-17(2)3;/h5-13,17,25H,4,14-16H2,1-3H3,(H2,22,23,24);1H. The van der Waals surface area contributed by atoms with Gasteiger partial charge in [-0.2, -0.15) is 0 Å². The van der Waals surface area contributed by atoms with E-state index in [1.807, 2.05) is 75.4 Å². The van der Waals surface area contributed by atoms with Crippen molar-refractivity contribution < 1.29 is 8.42 Å². The Hall–Kier alpha value is -1.65. The van der Waals surface area contributed by atoms with Crippen LogP contribution >= 0.6 is 24.0 Å². The van der Waals surface area contributed by atoms with Crippen LogP contribution in [0.3, 0.4) is 0 Å². The Morgan fingerprint density at radius 2 is 1.59 bits per heavy atom. The van der Waals surface area contributed by atoms with Gasteiger partial charge in [-0.25, -0.2) is 18.1 Å². The highest BCUT2D eigenvalue weighted by molar-refractivity contribution is 14.0. The van der Waals surface area contributed by atoms with E-state index in [0.29, 0.717) is 19.0 Å². The molecule has 0 saturated carbocycles. The molecular weight excluding hydrogens is 499 g/mol. The van der Waals surface area contributed by atoms with Crippen LogP contribution in [0.15, 0.2) is 59.6 Å². The van der Waals surface area contributed by atoms with E-state index in [2.05, 4.69) is 20.3 Å². The Kier molecular flexibility index (Phi) is 11.2. The zero-order valence-corrected chi connectivity index (χ0v) is 20.3. The molecule has 2 aromatic carbocycles. The van der Waals surface area contributed by atoms with E-state index in [9.17, 15) is 8.42 Å². The zero-order valence-electron chi connectivity index (χ0n) is 17.2. The third-order valence-electron chi connectivity index (χ3n) is 3.93. The van der Waals surface area contributed by atoms with Crippen molar-refractivity contribution in [3.8, 4) is 0 Å². The predicted molar refractivity (Wildman–Crippen MR) is 131 cm³/mol. The number of guanidine groups is 1. The molecule has 2 aromatic rings. The molecule has 0 spiro atoms. The van der Waals surface area contributed by atoms with Gasteiger partial charge in [0.25, 0.3) is 0 Å². The number of rotatable bonds is 9. The first-order valence-electron chi connectivity index (χ1n) is 9.52. The van der Waals surface area contributed by atoms with Crippen LogP contribution in [0.5, 0.6) is 0 Å². The topological polar surface area (TPSA) is 82.6 Å². The van der Waals surface area contributed by atoms with Crippen molar-refractivity contribution in [2.24, 2.45) is 4.99 Å². The van der Waals surface area contributed by atoms with Crippen LogP contribution < -0.4 is 15.4 Å². The Bertz CT molecular complexity index is 871. The number of benzene rings is 2. The third kappa shape index (κ3) is 9.60. The summed E-state index contributed by atoms with van der Waals surface area (Å²) < 4.78 is 27.2. The van der Waals surface area contributed by atoms with E-state index < -0.39 is 10.0 Å². The number of sulfonamides is 1. The minimum atomic E-state index is -3.38. The highest BCUT2D eigenvalue weighted by Crippen LogP contribution is 2.12. The molecule has 0 heterocycles. The Morgan fingerprint density at radius 1 is 0.966 bits per heavy atom. The molecule has 0 radical (unpaired) electrons. The van der Waals surface area contributed by atoms with Crippen molar-refractivity contribution in [2.45, 2.75) is 45.7 Å². The largest absolute Gasteiger partial charge is 0.357 e. The van der Waals surface area contributed by atoms with Crippen LogP contribution in [0.25, 0.3) is 0 Å². The van der Waals surface area contributed by atoms with Gasteiger partial charge in [0, 0.05) is 19.1 Å². The number of hydrogen-bond donors (Lipinski definition) is 3. The molecule has 0 saturated heterocycles. The van der Waals surface area contributed by atoms with Crippen molar-refractivity contribution in [1.82, 2.24) is 15.4 Å². The second-order valence-electron chi connectivity index (χ2n) is 6.83. The molecule has 8 heteroatoms. The summed E-state index contributed by atoms with van der Waals surface area (Å²) in [6, 6.07) is 17.5. The lowest BCUT2D eigenvalue weighted by Crippen LogP contribution is -2.37. The van der Waals surface area contributed by atoms with Gasteiger partial charge in [-0.1, -0.05) is 54.6 Å². The first-order chi connectivity index (χ1) is 13.4. The molecule has 29 heavy (non-hydrogen) atoms. The normalized spacial score (nSPS) is 11.8. The molecule has 0 aliphatic heterocycles. The molecule has 0 aromatic heterocycles. The second kappa shape index (κ2) is 12.8. The summed E-state index contributed by atoms with van der Waals surface area (Å²) in [5, 5.41) is 6.52. The summed E-state index contributed by atoms with van der Waals surface area (Å²) in [6.07, 6.45) is 0. The third-order valence-corrected chi connectivity index (χ3v) is 5.45. The van der Waals surface area contributed by atoms with Crippen LogP contribution in [0, 0.1) is 0 Å². The lowest BCUT2D eigenvalue weighted by Gasteiger charge is -2.15. The number of hydrogen-bond acceptors (Lipinski definition) is 3. The minimum Gasteiger partial charge on any atom is -0.357 e. The monoisotopic (exact) mass is 530 g/mol. The van der Waals surface area contributed by atoms with E-state index >= 15 is 0 Å². The highest BCUT2D eigenvalue weighted by atomic mass is 127. The highest BCUT2D eigenvalue weighted by Gasteiger charge is 2.15. The molecule has 0 aliphatic carbocycles. The lowest BCUT2D eigenvalue weighted by molar-refractivity contribution is 0.568. The van der Waals surface area contributed by atoms with Gasteiger partial charge < -0.3 is 10.6 Å². The zero-order chi connectivity index (χ0) is 20.4. The van der Waals surface area contributed by atoms with Crippen LogP contribution in [-0.2, 0) is 28.9 Å². The summed E-state index contributed by atoms with van der Waals surface area (Å²) in [5.41, 5.74) is 2.84. The summed E-state index contributed by atoms with van der Waals surface area (Å²) in [6.45, 7) is 7.46. The van der Waals surface area contributed by atoms with Gasteiger partial charge >= 0.3 is 0 Å². The molecule has 2 rings (SSSR count). The first-order valence-corrected chi connectivity index (χ1v) is 11.2. The van der Waals surface area contributed by atoms with Crippen molar-refractivity contribution in [1.29, 1.82) is 0 Å². The molecule has 0 unspecified atom stereocenters. The van der Waals surface area contributed by atoms with Crippen LogP contribution in [0.4, 0.5) is 0 Å². The van der Waals surface area contributed by atoms with Gasteiger partial charge in [-0.15, -0.1) is 24.0 Å². The van der Waals surface area contributed by atoms with E-state index in [1.165, 1.54) is 0 Å². The molecular formula is C21H31IN4O2S. The summed E-state index contributed by atoms with van der Waals surface area (Å²) >= 11 is 0. The van der Waals surface area contributed by atoms with E-state index in [1.54, 1.807) is 0 Å². The quantitative estimate of drug-likeness (QED) is 0.264. The van der Waals surface area contributed by atoms with Gasteiger partial charge in [-0.3, -0.25) is 0 Å². The molecule has 0 amide bonds. The van der Waals surface area contributed by atoms with Crippen molar-refractivity contribution in [3.05, 3.63) is 71.3 Å². The molecule has 6 nitrogen and oxygen atoms in total. The average Bonchev–Trinajstić information content (AvgIpc) is 2.64. The SMILES string of the molecule is CCNC(=NCc1ccccc1)NCc1ccccc1CS(=O)(=O)NC(C)C.I. The number of nitrogens with zero attached hydrogens (tertiary/aromatic N) is 1. The molecule has 160 valence electrons. The maximum atomic E-state index is 12.3. The van der Waals surface area contributed by atoms with Crippen molar-refractivity contribution in [3.63, 3.8) is 0 Å². The maximum Gasteiger partial charge on any atom is 0.216 e. The predicted octanol–water partition coefficient (Wildman–Crippen LogP) is 3.39. The fourth-order valence-corrected chi connectivity index (χ4v) is 4.24. The molecule has 0 bridgehead atoms. The number of aliphatic imine (C=N–C) groups is 1. The van der Waals surface area contributed by atoms with Crippen LogP contribution in [0.2, 0.25) is 0 Å². The first kappa shape index (κ1) is 25.4. The Morgan fingerprint density at radius 3 is 2.21 bits per heavy atom. The molecule has 0 atom stereocenters. The number of halogens is 1. The summed E-state index contributed by atoms with van der Waals surface area (Å²) in [7, 11) is -3.38. The van der Waals surface area contributed by atoms with Crippen LogP contribution in [0.1, 0.15) is 37.5 Å². The lowest BCUT2D eigenvalue weighted by atomic mass is 10.1. The van der Waals surface area contributed by atoms with Gasteiger partial charge in [0.1, 0.15) is 0 Å². The van der Waals surface area contributed by atoms with E-state index in [-0.39, 0.29) is 35.8 Å². The van der Waals surface area contributed by atoms with E-state index in [0.717, 1.165) is 23.2 Å². The van der Waals surface area contributed by atoms with Gasteiger partial charge in [0.15, 0.2) is 5.96 Å². The molecule has 0 aliphatic rings. The summed E-state index contributed by atoms with van der Waals surface area (Å²) in [5.74, 6) is 0.658.